The molecule has 2 N–H and O–H groups in total. The van der Waals surface area contributed by atoms with Crippen molar-refractivity contribution >= 4 is 5.91 Å². The number of ether oxygens (including phenoxy) is 3. The summed E-state index contributed by atoms with van der Waals surface area (Å²) in [7, 11) is 4.61. The lowest BCUT2D eigenvalue weighted by Crippen LogP contribution is -2.71. The third-order valence-electron chi connectivity index (χ3n) is 5.91. The predicted molar refractivity (Wildman–Crippen MR) is 117 cm³/mol. The number of methoxy groups -OCH3 is 3. The Morgan fingerprint density at radius 1 is 1.03 bits per heavy atom. The van der Waals surface area contributed by atoms with Crippen LogP contribution in [0.3, 0.4) is 0 Å². The molecule has 2 aromatic rings. The van der Waals surface area contributed by atoms with Crippen LogP contribution in [0.5, 0.6) is 5.75 Å². The highest BCUT2D eigenvalue weighted by atomic mass is 16.6. The summed E-state index contributed by atoms with van der Waals surface area (Å²) in [6.07, 6.45) is -0.441. The van der Waals surface area contributed by atoms with E-state index in [0.29, 0.717) is 12.8 Å². The van der Waals surface area contributed by atoms with Crippen LogP contribution >= 0.6 is 0 Å². The zero-order valence-electron chi connectivity index (χ0n) is 18.5. The van der Waals surface area contributed by atoms with Crippen LogP contribution in [0.2, 0.25) is 0 Å². The SMILES string of the molecule is COc1ccc(CC[C@H]2C(=O)N(C(NC(C)c3ccccc3)OC)C2C(O)OC)cc1. The third-order valence-corrected chi connectivity index (χ3v) is 5.91. The number of aliphatic hydroxyl groups is 1. The minimum absolute atomic E-state index is 0.0439. The van der Waals surface area contributed by atoms with Crippen LogP contribution in [0.15, 0.2) is 54.6 Å². The molecular weight excluding hydrogens is 396 g/mol. The second-order valence-corrected chi connectivity index (χ2v) is 7.74. The molecule has 3 rings (SSSR count). The molecule has 1 heterocycles. The van der Waals surface area contributed by atoms with Gasteiger partial charge in [-0.25, -0.2) is 0 Å². The maximum absolute atomic E-state index is 13.1. The lowest BCUT2D eigenvalue weighted by molar-refractivity contribution is -0.226. The molecular formula is C24H32N2O5. The molecule has 7 heteroatoms. The first kappa shape index (κ1) is 23.2. The van der Waals surface area contributed by atoms with Crippen LogP contribution in [0.1, 0.15) is 30.5 Å². The van der Waals surface area contributed by atoms with Crippen molar-refractivity contribution in [2.45, 2.75) is 44.5 Å². The Labute approximate surface area is 183 Å². The molecule has 0 saturated carbocycles. The number of hydrogen-bond acceptors (Lipinski definition) is 6. The summed E-state index contributed by atoms with van der Waals surface area (Å²) in [6.45, 7) is 2.01. The second-order valence-electron chi connectivity index (χ2n) is 7.74. The number of aliphatic hydroxyl groups excluding tert-OH is 1. The lowest BCUT2D eigenvalue weighted by Gasteiger charge is -2.52. The number of amides is 1. The minimum Gasteiger partial charge on any atom is -0.497 e. The molecule has 4 unspecified atom stereocenters. The molecule has 1 saturated heterocycles. The standard InChI is InChI=1S/C24H32N2O5/c1-16(18-8-6-5-7-9-18)25-24(31-4)26-21(23(28)30-3)20(22(26)27)15-12-17-10-13-19(29-2)14-11-17/h5-11,13-14,16,20-21,23-25,28H,12,15H2,1-4H3/t16?,20-,21?,23?,24?/m1/s1. The van der Waals surface area contributed by atoms with Gasteiger partial charge in [0, 0.05) is 20.3 Å². The average molecular weight is 429 g/mol. The molecule has 31 heavy (non-hydrogen) atoms. The number of carbonyl (C=O) groups excluding carboxylic acids is 1. The molecule has 1 aliphatic rings. The van der Waals surface area contributed by atoms with E-state index in [2.05, 4.69) is 5.32 Å². The van der Waals surface area contributed by atoms with Crippen molar-refractivity contribution in [2.75, 3.05) is 21.3 Å². The first-order valence-corrected chi connectivity index (χ1v) is 10.5. The molecule has 0 radical (unpaired) electrons. The Bertz CT molecular complexity index is 830. The highest BCUT2D eigenvalue weighted by Crippen LogP contribution is 2.35. The van der Waals surface area contributed by atoms with Gasteiger partial charge in [-0.1, -0.05) is 42.5 Å². The monoisotopic (exact) mass is 428 g/mol. The minimum atomic E-state index is -1.09. The molecule has 7 nitrogen and oxygen atoms in total. The van der Waals surface area contributed by atoms with Gasteiger partial charge in [0.1, 0.15) is 5.75 Å². The largest absolute Gasteiger partial charge is 0.497 e. The van der Waals surface area contributed by atoms with Crippen LogP contribution in [0.25, 0.3) is 0 Å². The molecule has 5 atom stereocenters. The van der Waals surface area contributed by atoms with Crippen LogP contribution in [-0.2, 0) is 20.7 Å². The predicted octanol–water partition coefficient (Wildman–Crippen LogP) is 2.70. The van der Waals surface area contributed by atoms with Crippen molar-refractivity contribution in [3.63, 3.8) is 0 Å². The van der Waals surface area contributed by atoms with Crippen molar-refractivity contribution < 1.29 is 24.1 Å². The van der Waals surface area contributed by atoms with Gasteiger partial charge in [0.15, 0.2) is 12.6 Å². The van der Waals surface area contributed by atoms with Gasteiger partial charge in [-0.3, -0.25) is 15.0 Å². The molecule has 0 aromatic heterocycles. The van der Waals surface area contributed by atoms with Crippen molar-refractivity contribution in [1.29, 1.82) is 0 Å². The summed E-state index contributed by atoms with van der Waals surface area (Å²) < 4.78 is 16.0. The smallest absolute Gasteiger partial charge is 0.231 e. The van der Waals surface area contributed by atoms with E-state index >= 15 is 0 Å². The maximum Gasteiger partial charge on any atom is 0.231 e. The summed E-state index contributed by atoms with van der Waals surface area (Å²) in [4.78, 5) is 14.6. The summed E-state index contributed by atoms with van der Waals surface area (Å²) in [5.74, 6) is 0.390. The fourth-order valence-electron chi connectivity index (χ4n) is 4.07. The van der Waals surface area contributed by atoms with Crippen LogP contribution in [0, 0.1) is 5.92 Å². The van der Waals surface area contributed by atoms with Gasteiger partial charge >= 0.3 is 0 Å². The second kappa shape index (κ2) is 10.7. The van der Waals surface area contributed by atoms with Gasteiger partial charge in [-0.05, 0) is 43.0 Å². The fraction of sp³-hybridized carbons (Fsp3) is 0.458. The van der Waals surface area contributed by atoms with Gasteiger partial charge < -0.3 is 19.3 Å². The Kier molecular flexibility index (Phi) is 8.03. The summed E-state index contributed by atoms with van der Waals surface area (Å²) >= 11 is 0. The van der Waals surface area contributed by atoms with Crippen LogP contribution in [-0.4, -0.2) is 55.9 Å². The normalized spacial score (nSPS) is 21.3. The first-order valence-electron chi connectivity index (χ1n) is 10.5. The Balaban J connectivity index is 1.68. The zero-order chi connectivity index (χ0) is 22.4. The molecule has 0 bridgehead atoms. The number of aryl methyl sites for hydroxylation is 1. The van der Waals surface area contributed by atoms with E-state index in [4.69, 9.17) is 14.2 Å². The van der Waals surface area contributed by atoms with E-state index in [-0.39, 0.29) is 17.9 Å². The van der Waals surface area contributed by atoms with Gasteiger partial charge in [0.25, 0.3) is 0 Å². The van der Waals surface area contributed by atoms with Crippen LogP contribution in [0.4, 0.5) is 0 Å². The number of nitrogens with one attached hydrogen (secondary N) is 1. The number of likely N-dealkylation sites (tertiary alicyclic amines) is 1. The molecule has 1 fully saturated rings. The number of hydrogen-bond donors (Lipinski definition) is 2. The summed E-state index contributed by atoms with van der Waals surface area (Å²) in [6, 6.07) is 17.2. The fourth-order valence-corrected chi connectivity index (χ4v) is 4.07. The number of rotatable bonds is 11. The number of β-lactam (4-membered cyclic amide) rings is 1. The van der Waals surface area contributed by atoms with E-state index in [1.54, 1.807) is 19.1 Å². The van der Waals surface area contributed by atoms with E-state index in [1.807, 2.05) is 61.5 Å². The van der Waals surface area contributed by atoms with Crippen molar-refractivity contribution in [2.24, 2.45) is 5.92 Å². The first-order chi connectivity index (χ1) is 15.0. The molecule has 0 spiro atoms. The van der Waals surface area contributed by atoms with Crippen molar-refractivity contribution in [3.8, 4) is 5.75 Å². The van der Waals surface area contributed by atoms with E-state index in [9.17, 15) is 9.90 Å². The number of benzene rings is 2. The van der Waals surface area contributed by atoms with Gasteiger partial charge in [0.05, 0.1) is 19.1 Å². The molecule has 0 aliphatic carbocycles. The summed E-state index contributed by atoms with van der Waals surface area (Å²) in [5.41, 5.74) is 2.19. The third kappa shape index (κ3) is 5.25. The molecule has 2 aromatic carbocycles. The van der Waals surface area contributed by atoms with E-state index in [1.165, 1.54) is 7.11 Å². The Morgan fingerprint density at radius 3 is 2.29 bits per heavy atom. The van der Waals surface area contributed by atoms with E-state index < -0.39 is 18.7 Å². The quantitative estimate of drug-likeness (QED) is 0.423. The van der Waals surface area contributed by atoms with Gasteiger partial charge in [-0.2, -0.15) is 0 Å². The molecule has 168 valence electrons. The number of nitrogens with zero attached hydrogens (tertiary/aromatic N) is 1. The van der Waals surface area contributed by atoms with Crippen LogP contribution < -0.4 is 10.1 Å². The highest BCUT2D eigenvalue weighted by molar-refractivity contribution is 5.86. The lowest BCUT2D eigenvalue weighted by atomic mass is 9.82. The average Bonchev–Trinajstić information content (AvgIpc) is 2.82. The molecule has 1 aliphatic heterocycles. The van der Waals surface area contributed by atoms with E-state index in [0.717, 1.165) is 16.9 Å². The van der Waals surface area contributed by atoms with Gasteiger partial charge in [0.2, 0.25) is 5.91 Å². The highest BCUT2D eigenvalue weighted by Gasteiger charge is 2.53. The van der Waals surface area contributed by atoms with Crippen molar-refractivity contribution in [1.82, 2.24) is 10.2 Å². The van der Waals surface area contributed by atoms with Crippen molar-refractivity contribution in [3.05, 3.63) is 65.7 Å². The number of carbonyl (C=O) groups is 1. The maximum atomic E-state index is 13.1. The Morgan fingerprint density at radius 2 is 1.71 bits per heavy atom. The van der Waals surface area contributed by atoms with Gasteiger partial charge in [-0.15, -0.1) is 0 Å². The molecule has 1 amide bonds. The summed E-state index contributed by atoms with van der Waals surface area (Å²) in [5, 5.41) is 13.8. The Hall–Kier alpha value is -2.45. The zero-order valence-corrected chi connectivity index (χ0v) is 18.5. The topological polar surface area (TPSA) is 80.3 Å².